The summed E-state index contributed by atoms with van der Waals surface area (Å²) in [4.78, 5) is 2.75. The molecule has 1 aliphatic heterocycles. The predicted molar refractivity (Wildman–Crippen MR) is 71.9 cm³/mol. The van der Waals surface area contributed by atoms with E-state index in [0.29, 0.717) is 6.04 Å². The minimum Gasteiger partial charge on any atom is -0.326 e. The molecule has 3 atom stereocenters. The molecule has 0 amide bonds. The molecule has 17 heavy (non-hydrogen) atoms. The number of piperidine rings is 1. The lowest BCUT2D eigenvalue weighted by Gasteiger charge is -2.40. The van der Waals surface area contributed by atoms with Crippen molar-refractivity contribution in [1.29, 1.82) is 0 Å². The summed E-state index contributed by atoms with van der Waals surface area (Å²) in [7, 11) is 0. The molecule has 2 saturated carbocycles. The average Bonchev–Trinajstić information content (AvgIpc) is 3.00. The predicted octanol–water partition coefficient (Wildman–Crippen LogP) is 2.77. The van der Waals surface area contributed by atoms with E-state index in [2.05, 4.69) is 4.90 Å². The SMILES string of the molecule is NC(CN1CCCC2CCCC21)C1CCCC1. The van der Waals surface area contributed by atoms with Crippen LogP contribution in [-0.2, 0) is 0 Å². The number of rotatable bonds is 3. The molecule has 3 unspecified atom stereocenters. The van der Waals surface area contributed by atoms with Crippen LogP contribution in [0.4, 0.5) is 0 Å². The Morgan fingerprint density at radius 1 is 0.941 bits per heavy atom. The van der Waals surface area contributed by atoms with Crippen LogP contribution < -0.4 is 5.73 Å². The van der Waals surface area contributed by atoms with Crippen molar-refractivity contribution >= 4 is 0 Å². The van der Waals surface area contributed by atoms with Gasteiger partial charge in [-0.1, -0.05) is 19.3 Å². The van der Waals surface area contributed by atoms with E-state index in [1.165, 1.54) is 70.9 Å². The summed E-state index contributed by atoms with van der Waals surface area (Å²) < 4.78 is 0. The molecule has 98 valence electrons. The van der Waals surface area contributed by atoms with Crippen molar-refractivity contribution in [2.45, 2.75) is 69.9 Å². The van der Waals surface area contributed by atoms with Crippen molar-refractivity contribution in [3.8, 4) is 0 Å². The van der Waals surface area contributed by atoms with Gasteiger partial charge >= 0.3 is 0 Å². The van der Waals surface area contributed by atoms with Crippen LogP contribution in [0, 0.1) is 11.8 Å². The van der Waals surface area contributed by atoms with Gasteiger partial charge in [-0.2, -0.15) is 0 Å². The lowest BCUT2D eigenvalue weighted by atomic mass is 9.90. The third kappa shape index (κ3) is 2.53. The third-order valence-corrected chi connectivity index (χ3v) is 5.56. The molecule has 3 rings (SSSR count). The fourth-order valence-corrected chi connectivity index (χ4v) is 4.59. The minimum atomic E-state index is 0.455. The Bertz CT molecular complexity index is 247. The van der Waals surface area contributed by atoms with Gasteiger partial charge in [-0.05, 0) is 56.9 Å². The zero-order valence-electron chi connectivity index (χ0n) is 11.1. The average molecular weight is 236 g/mol. The van der Waals surface area contributed by atoms with Gasteiger partial charge in [0.15, 0.2) is 0 Å². The van der Waals surface area contributed by atoms with Crippen molar-refractivity contribution in [2.24, 2.45) is 17.6 Å². The smallest absolute Gasteiger partial charge is 0.0196 e. The Kier molecular flexibility index (Phi) is 3.72. The maximum absolute atomic E-state index is 6.45. The van der Waals surface area contributed by atoms with Gasteiger partial charge in [0.1, 0.15) is 0 Å². The first kappa shape index (κ1) is 12.0. The normalized spacial score (nSPS) is 37.2. The molecule has 3 fully saturated rings. The van der Waals surface area contributed by atoms with E-state index in [9.17, 15) is 0 Å². The molecule has 1 saturated heterocycles. The zero-order chi connectivity index (χ0) is 11.7. The van der Waals surface area contributed by atoms with Gasteiger partial charge in [0.25, 0.3) is 0 Å². The summed E-state index contributed by atoms with van der Waals surface area (Å²) in [5, 5.41) is 0. The maximum Gasteiger partial charge on any atom is 0.0196 e. The third-order valence-electron chi connectivity index (χ3n) is 5.56. The van der Waals surface area contributed by atoms with E-state index in [1.54, 1.807) is 0 Å². The second-order valence-corrected chi connectivity index (χ2v) is 6.60. The number of fused-ring (bicyclic) bond motifs is 1. The van der Waals surface area contributed by atoms with Crippen LogP contribution in [0.2, 0.25) is 0 Å². The van der Waals surface area contributed by atoms with E-state index < -0.39 is 0 Å². The van der Waals surface area contributed by atoms with Crippen LogP contribution in [0.5, 0.6) is 0 Å². The van der Waals surface area contributed by atoms with Gasteiger partial charge < -0.3 is 5.73 Å². The first-order valence-electron chi connectivity index (χ1n) is 7.84. The van der Waals surface area contributed by atoms with E-state index in [1.807, 2.05) is 0 Å². The second kappa shape index (κ2) is 5.27. The largest absolute Gasteiger partial charge is 0.326 e. The molecule has 0 aromatic carbocycles. The molecule has 1 heterocycles. The molecule has 2 N–H and O–H groups in total. The molecule has 2 nitrogen and oxygen atoms in total. The van der Waals surface area contributed by atoms with E-state index in [4.69, 9.17) is 5.73 Å². The van der Waals surface area contributed by atoms with Crippen LogP contribution in [0.15, 0.2) is 0 Å². The number of nitrogens with zero attached hydrogens (tertiary/aromatic N) is 1. The molecular formula is C15H28N2. The summed E-state index contributed by atoms with van der Waals surface area (Å²) in [5.41, 5.74) is 6.45. The van der Waals surface area contributed by atoms with Gasteiger partial charge in [0.2, 0.25) is 0 Å². The van der Waals surface area contributed by atoms with Gasteiger partial charge in [-0.3, -0.25) is 4.90 Å². The van der Waals surface area contributed by atoms with Crippen LogP contribution >= 0.6 is 0 Å². The van der Waals surface area contributed by atoms with Crippen molar-refractivity contribution in [1.82, 2.24) is 4.90 Å². The Morgan fingerprint density at radius 2 is 1.71 bits per heavy atom. The molecule has 0 radical (unpaired) electrons. The molecule has 2 heteroatoms. The van der Waals surface area contributed by atoms with Crippen LogP contribution in [0.25, 0.3) is 0 Å². The van der Waals surface area contributed by atoms with Crippen LogP contribution in [-0.4, -0.2) is 30.1 Å². The van der Waals surface area contributed by atoms with Crippen molar-refractivity contribution in [2.75, 3.05) is 13.1 Å². The van der Waals surface area contributed by atoms with Crippen LogP contribution in [0.1, 0.15) is 57.8 Å². The Balaban J connectivity index is 1.56. The highest BCUT2D eigenvalue weighted by Gasteiger charge is 2.36. The van der Waals surface area contributed by atoms with Gasteiger partial charge in [-0.15, -0.1) is 0 Å². The summed E-state index contributed by atoms with van der Waals surface area (Å²) >= 11 is 0. The van der Waals surface area contributed by atoms with Gasteiger partial charge in [0.05, 0.1) is 0 Å². The highest BCUT2D eigenvalue weighted by atomic mass is 15.2. The molecule has 0 aromatic rings. The summed E-state index contributed by atoms with van der Waals surface area (Å²) in [6.07, 6.45) is 12.9. The van der Waals surface area contributed by atoms with E-state index in [0.717, 1.165) is 17.9 Å². The first-order chi connectivity index (χ1) is 8.34. The minimum absolute atomic E-state index is 0.455. The lowest BCUT2D eigenvalue weighted by Crippen LogP contribution is -2.49. The monoisotopic (exact) mass is 236 g/mol. The highest BCUT2D eigenvalue weighted by molar-refractivity contribution is 4.91. The van der Waals surface area contributed by atoms with E-state index >= 15 is 0 Å². The zero-order valence-corrected chi connectivity index (χ0v) is 11.1. The van der Waals surface area contributed by atoms with Crippen molar-refractivity contribution < 1.29 is 0 Å². The molecular weight excluding hydrogens is 208 g/mol. The number of hydrogen-bond donors (Lipinski definition) is 1. The quantitative estimate of drug-likeness (QED) is 0.816. The molecule has 0 bridgehead atoms. The Hall–Kier alpha value is -0.0800. The highest BCUT2D eigenvalue weighted by Crippen LogP contribution is 2.37. The topological polar surface area (TPSA) is 29.3 Å². The van der Waals surface area contributed by atoms with Crippen molar-refractivity contribution in [3.05, 3.63) is 0 Å². The Morgan fingerprint density at radius 3 is 2.53 bits per heavy atom. The number of nitrogens with two attached hydrogens (primary N) is 1. The second-order valence-electron chi connectivity index (χ2n) is 6.60. The summed E-state index contributed by atoms with van der Waals surface area (Å²) in [5.74, 6) is 1.84. The molecule has 2 aliphatic carbocycles. The Labute approximate surface area is 106 Å². The van der Waals surface area contributed by atoms with Crippen LogP contribution in [0.3, 0.4) is 0 Å². The fraction of sp³-hybridized carbons (Fsp3) is 1.00. The molecule has 0 aromatic heterocycles. The lowest BCUT2D eigenvalue weighted by molar-refractivity contribution is 0.0981. The van der Waals surface area contributed by atoms with Gasteiger partial charge in [0, 0.05) is 18.6 Å². The van der Waals surface area contributed by atoms with E-state index in [-0.39, 0.29) is 0 Å². The first-order valence-corrected chi connectivity index (χ1v) is 7.84. The molecule has 3 aliphatic rings. The van der Waals surface area contributed by atoms with Gasteiger partial charge in [-0.25, -0.2) is 0 Å². The molecule has 0 spiro atoms. The summed E-state index contributed by atoms with van der Waals surface area (Å²) in [6.45, 7) is 2.51. The van der Waals surface area contributed by atoms with Crippen molar-refractivity contribution in [3.63, 3.8) is 0 Å². The fourth-order valence-electron chi connectivity index (χ4n) is 4.59. The standard InChI is InChI=1S/C15H28N2/c16-14(12-5-1-2-6-12)11-17-10-4-8-13-7-3-9-15(13)17/h12-15H,1-11,16H2. The maximum atomic E-state index is 6.45. The number of likely N-dealkylation sites (tertiary alicyclic amines) is 1. The summed E-state index contributed by atoms with van der Waals surface area (Å²) in [6, 6.07) is 1.35. The number of hydrogen-bond acceptors (Lipinski definition) is 2.